The molecule has 0 amide bonds. The quantitative estimate of drug-likeness (QED) is 0.706. The Hall–Kier alpha value is -2.56. The van der Waals surface area contributed by atoms with Crippen LogP contribution in [0.3, 0.4) is 0 Å². The number of aromatic nitrogens is 4. The molecule has 0 fully saturated rings. The molecule has 0 aliphatic heterocycles. The van der Waals surface area contributed by atoms with E-state index in [-0.39, 0.29) is 5.82 Å². The fourth-order valence-corrected chi connectivity index (χ4v) is 1.91. The van der Waals surface area contributed by atoms with Crippen molar-refractivity contribution >= 4 is 0 Å². The Morgan fingerprint density at radius 2 is 2.05 bits per heavy atom. The molecule has 0 saturated heterocycles. The Morgan fingerprint density at radius 3 is 2.79 bits per heavy atom. The third-order valence-corrected chi connectivity index (χ3v) is 2.79. The lowest BCUT2D eigenvalue weighted by atomic mass is 10.1. The molecule has 0 aliphatic carbocycles. The summed E-state index contributed by atoms with van der Waals surface area (Å²) in [4.78, 5) is 7.90. The lowest BCUT2D eigenvalue weighted by Gasteiger charge is -1.99. The van der Waals surface area contributed by atoms with Crippen molar-refractivity contribution in [3.8, 4) is 16.9 Å². The average Bonchev–Trinajstić information content (AvgIpc) is 2.82. The minimum Gasteiger partial charge on any atom is -0.262 e. The second kappa shape index (κ2) is 4.61. The number of halogens is 1. The number of hydrogen-bond acceptors (Lipinski definition) is 3. The molecule has 3 aromatic heterocycles. The van der Waals surface area contributed by atoms with Crippen molar-refractivity contribution in [2.45, 2.75) is 6.92 Å². The first-order valence-electron chi connectivity index (χ1n) is 5.81. The molecule has 5 heteroatoms. The molecule has 0 radical (unpaired) electrons. The SMILES string of the molecule is Cc1cn(-c2cccnc2)nc1-c1cncc(F)c1. The first-order valence-corrected chi connectivity index (χ1v) is 5.81. The van der Waals surface area contributed by atoms with E-state index in [4.69, 9.17) is 0 Å². The first-order chi connectivity index (χ1) is 9.24. The first kappa shape index (κ1) is 11.5. The highest BCUT2D eigenvalue weighted by Gasteiger charge is 2.10. The molecule has 4 nitrogen and oxygen atoms in total. The number of rotatable bonds is 2. The molecule has 0 bridgehead atoms. The zero-order chi connectivity index (χ0) is 13.2. The fraction of sp³-hybridized carbons (Fsp3) is 0.0714. The predicted octanol–water partition coefficient (Wildman–Crippen LogP) is 2.78. The second-order valence-corrected chi connectivity index (χ2v) is 4.21. The van der Waals surface area contributed by atoms with Gasteiger partial charge in [-0.25, -0.2) is 9.07 Å². The molecule has 0 unspecified atom stereocenters. The summed E-state index contributed by atoms with van der Waals surface area (Å²) in [5.74, 6) is -0.368. The minimum atomic E-state index is -0.368. The van der Waals surface area contributed by atoms with E-state index in [1.165, 1.54) is 12.3 Å². The van der Waals surface area contributed by atoms with Gasteiger partial charge in [0.05, 0.1) is 23.8 Å². The van der Waals surface area contributed by atoms with Crippen molar-refractivity contribution in [1.82, 2.24) is 19.7 Å². The van der Waals surface area contributed by atoms with Crippen LogP contribution in [0.15, 0.2) is 49.2 Å². The minimum absolute atomic E-state index is 0.368. The van der Waals surface area contributed by atoms with Gasteiger partial charge in [0.15, 0.2) is 0 Å². The monoisotopic (exact) mass is 254 g/mol. The number of nitrogens with zero attached hydrogens (tertiary/aromatic N) is 4. The van der Waals surface area contributed by atoms with Gasteiger partial charge in [0.1, 0.15) is 5.82 Å². The fourth-order valence-electron chi connectivity index (χ4n) is 1.91. The van der Waals surface area contributed by atoms with Crippen molar-refractivity contribution in [2.75, 3.05) is 0 Å². The number of aryl methyl sites for hydroxylation is 1. The molecule has 0 aromatic carbocycles. The standard InChI is InChI=1S/C14H11FN4/c1-10-9-19(13-3-2-4-16-8-13)18-14(10)11-5-12(15)7-17-6-11/h2-9H,1H3. The van der Waals surface area contributed by atoms with E-state index in [1.807, 2.05) is 25.3 Å². The molecule has 0 N–H and O–H groups in total. The van der Waals surface area contributed by atoms with E-state index in [0.29, 0.717) is 5.56 Å². The van der Waals surface area contributed by atoms with Crippen molar-refractivity contribution < 1.29 is 4.39 Å². The van der Waals surface area contributed by atoms with Crippen LogP contribution in [0.1, 0.15) is 5.56 Å². The van der Waals surface area contributed by atoms with Gasteiger partial charge >= 0.3 is 0 Å². The van der Waals surface area contributed by atoms with E-state index >= 15 is 0 Å². The maximum atomic E-state index is 13.2. The maximum absolute atomic E-state index is 13.2. The van der Waals surface area contributed by atoms with Crippen molar-refractivity contribution in [1.29, 1.82) is 0 Å². The van der Waals surface area contributed by atoms with Gasteiger partial charge in [0.25, 0.3) is 0 Å². The highest BCUT2D eigenvalue weighted by Crippen LogP contribution is 2.22. The van der Waals surface area contributed by atoms with Gasteiger partial charge in [-0.1, -0.05) is 0 Å². The summed E-state index contributed by atoms with van der Waals surface area (Å²) in [6.45, 7) is 1.93. The van der Waals surface area contributed by atoms with Crippen LogP contribution in [-0.2, 0) is 0 Å². The third kappa shape index (κ3) is 2.22. The zero-order valence-electron chi connectivity index (χ0n) is 10.3. The largest absolute Gasteiger partial charge is 0.262 e. The van der Waals surface area contributed by atoms with Gasteiger partial charge in [0, 0.05) is 24.2 Å². The van der Waals surface area contributed by atoms with Crippen LogP contribution in [-0.4, -0.2) is 19.7 Å². The third-order valence-electron chi connectivity index (χ3n) is 2.79. The van der Waals surface area contributed by atoms with Gasteiger partial charge in [-0.05, 0) is 30.7 Å². The molecule has 3 aromatic rings. The van der Waals surface area contributed by atoms with E-state index in [1.54, 1.807) is 23.3 Å². The van der Waals surface area contributed by atoms with Gasteiger partial charge in [-0.2, -0.15) is 5.10 Å². The molecular formula is C14H11FN4. The van der Waals surface area contributed by atoms with E-state index < -0.39 is 0 Å². The summed E-state index contributed by atoms with van der Waals surface area (Å²) in [5.41, 5.74) is 3.20. The highest BCUT2D eigenvalue weighted by atomic mass is 19.1. The second-order valence-electron chi connectivity index (χ2n) is 4.21. The van der Waals surface area contributed by atoms with Gasteiger partial charge in [0.2, 0.25) is 0 Å². The maximum Gasteiger partial charge on any atom is 0.142 e. The molecule has 3 rings (SSSR count). The average molecular weight is 254 g/mol. The van der Waals surface area contributed by atoms with Gasteiger partial charge < -0.3 is 0 Å². The Balaban J connectivity index is 2.08. The number of hydrogen-bond donors (Lipinski definition) is 0. The topological polar surface area (TPSA) is 43.6 Å². The summed E-state index contributed by atoms with van der Waals surface area (Å²) in [5, 5.41) is 4.46. The lowest BCUT2D eigenvalue weighted by molar-refractivity contribution is 0.622. The Bertz CT molecular complexity index is 706. The normalized spacial score (nSPS) is 10.6. The van der Waals surface area contributed by atoms with E-state index in [9.17, 15) is 4.39 Å². The summed E-state index contributed by atoms with van der Waals surface area (Å²) in [7, 11) is 0. The van der Waals surface area contributed by atoms with E-state index in [0.717, 1.165) is 16.9 Å². The van der Waals surface area contributed by atoms with Crippen molar-refractivity contribution in [3.63, 3.8) is 0 Å². The summed E-state index contributed by atoms with van der Waals surface area (Å²) in [6, 6.07) is 5.18. The smallest absolute Gasteiger partial charge is 0.142 e. The summed E-state index contributed by atoms with van der Waals surface area (Å²) in [6.07, 6.45) is 8.09. The van der Waals surface area contributed by atoms with Crippen LogP contribution >= 0.6 is 0 Å². The molecular weight excluding hydrogens is 243 g/mol. The van der Waals surface area contributed by atoms with Crippen LogP contribution in [0.5, 0.6) is 0 Å². The van der Waals surface area contributed by atoms with Crippen LogP contribution in [0, 0.1) is 12.7 Å². The Kier molecular flexibility index (Phi) is 2.79. The van der Waals surface area contributed by atoms with Gasteiger partial charge in [-0.3, -0.25) is 9.97 Å². The highest BCUT2D eigenvalue weighted by molar-refractivity contribution is 5.61. The van der Waals surface area contributed by atoms with Crippen LogP contribution in [0.2, 0.25) is 0 Å². The molecule has 0 atom stereocenters. The molecule has 3 heterocycles. The molecule has 0 saturated carbocycles. The van der Waals surface area contributed by atoms with Crippen LogP contribution in [0.25, 0.3) is 16.9 Å². The molecule has 19 heavy (non-hydrogen) atoms. The molecule has 0 aliphatic rings. The molecule has 94 valence electrons. The Morgan fingerprint density at radius 1 is 1.16 bits per heavy atom. The number of pyridine rings is 2. The molecule has 0 spiro atoms. The van der Waals surface area contributed by atoms with Crippen LogP contribution in [0.4, 0.5) is 4.39 Å². The van der Waals surface area contributed by atoms with E-state index in [2.05, 4.69) is 15.1 Å². The lowest BCUT2D eigenvalue weighted by Crippen LogP contribution is -1.95. The Labute approximate surface area is 109 Å². The predicted molar refractivity (Wildman–Crippen MR) is 69.3 cm³/mol. The summed E-state index contributed by atoms with van der Waals surface area (Å²) < 4.78 is 14.9. The van der Waals surface area contributed by atoms with Crippen LogP contribution < -0.4 is 0 Å². The van der Waals surface area contributed by atoms with Crippen molar-refractivity contribution in [2.24, 2.45) is 0 Å². The zero-order valence-corrected chi connectivity index (χ0v) is 10.3. The van der Waals surface area contributed by atoms with Gasteiger partial charge in [-0.15, -0.1) is 0 Å². The van der Waals surface area contributed by atoms with Crippen molar-refractivity contribution in [3.05, 3.63) is 60.6 Å². The summed E-state index contributed by atoms with van der Waals surface area (Å²) >= 11 is 0.